The first kappa shape index (κ1) is 16.9. The standard InChI is InChI=1S/C11H19N3O5/c1-3-4-19-11(18)14-7-10(17)13-6-9(16)12-5-8(2)15/h3-7H2,1-2H3,(H,12,16)(H,13,17)(H,14,18). The third-order valence-corrected chi connectivity index (χ3v) is 1.81. The molecule has 19 heavy (non-hydrogen) atoms. The quantitative estimate of drug-likeness (QED) is 0.522. The molecule has 0 spiro atoms. The molecular weight excluding hydrogens is 254 g/mol. The molecule has 0 aliphatic carbocycles. The Morgan fingerprint density at radius 3 is 1.95 bits per heavy atom. The van der Waals surface area contributed by atoms with Crippen molar-refractivity contribution >= 4 is 23.7 Å². The highest BCUT2D eigenvalue weighted by atomic mass is 16.5. The monoisotopic (exact) mass is 273 g/mol. The average molecular weight is 273 g/mol. The summed E-state index contributed by atoms with van der Waals surface area (Å²) in [5, 5.41) is 6.83. The van der Waals surface area contributed by atoms with E-state index in [2.05, 4.69) is 20.7 Å². The van der Waals surface area contributed by atoms with Crippen LogP contribution >= 0.6 is 0 Å². The van der Waals surface area contributed by atoms with Crippen LogP contribution in [0.15, 0.2) is 0 Å². The molecule has 0 aliphatic heterocycles. The number of carbonyl (C=O) groups is 4. The van der Waals surface area contributed by atoms with Crippen molar-refractivity contribution in [3.8, 4) is 0 Å². The summed E-state index contributed by atoms with van der Waals surface area (Å²) >= 11 is 0. The van der Waals surface area contributed by atoms with Gasteiger partial charge in [0.25, 0.3) is 0 Å². The number of hydrogen-bond donors (Lipinski definition) is 3. The Labute approximate surface area is 111 Å². The van der Waals surface area contributed by atoms with Gasteiger partial charge in [0, 0.05) is 0 Å². The molecule has 8 heteroatoms. The highest BCUT2D eigenvalue weighted by molar-refractivity contribution is 5.89. The van der Waals surface area contributed by atoms with Crippen molar-refractivity contribution in [2.45, 2.75) is 20.3 Å². The number of hydrogen-bond acceptors (Lipinski definition) is 5. The minimum Gasteiger partial charge on any atom is -0.450 e. The molecule has 0 saturated carbocycles. The second kappa shape index (κ2) is 9.86. The third-order valence-electron chi connectivity index (χ3n) is 1.81. The lowest BCUT2D eigenvalue weighted by atomic mass is 10.4. The first-order chi connectivity index (χ1) is 8.95. The van der Waals surface area contributed by atoms with Crippen LogP contribution in [0, 0.1) is 0 Å². The summed E-state index contributed by atoms with van der Waals surface area (Å²) in [5.41, 5.74) is 0. The van der Waals surface area contributed by atoms with Crippen LogP contribution in [0.3, 0.4) is 0 Å². The smallest absolute Gasteiger partial charge is 0.407 e. The van der Waals surface area contributed by atoms with Crippen LogP contribution in [-0.2, 0) is 19.1 Å². The van der Waals surface area contributed by atoms with Crippen LogP contribution in [0.25, 0.3) is 0 Å². The third kappa shape index (κ3) is 10.7. The highest BCUT2D eigenvalue weighted by Crippen LogP contribution is 1.81. The molecule has 0 heterocycles. The first-order valence-electron chi connectivity index (χ1n) is 5.89. The van der Waals surface area contributed by atoms with E-state index >= 15 is 0 Å². The highest BCUT2D eigenvalue weighted by Gasteiger charge is 2.08. The molecule has 0 atom stereocenters. The fraction of sp³-hybridized carbons (Fsp3) is 0.636. The van der Waals surface area contributed by atoms with Crippen molar-refractivity contribution in [1.29, 1.82) is 0 Å². The van der Waals surface area contributed by atoms with Crippen molar-refractivity contribution < 1.29 is 23.9 Å². The molecule has 0 fully saturated rings. The molecule has 0 radical (unpaired) electrons. The van der Waals surface area contributed by atoms with Gasteiger partial charge in [-0.1, -0.05) is 6.92 Å². The van der Waals surface area contributed by atoms with E-state index in [1.807, 2.05) is 6.92 Å². The summed E-state index contributed by atoms with van der Waals surface area (Å²) < 4.78 is 4.69. The van der Waals surface area contributed by atoms with Gasteiger partial charge in [-0.25, -0.2) is 4.79 Å². The fourth-order valence-electron chi connectivity index (χ4n) is 0.925. The molecule has 0 bridgehead atoms. The van der Waals surface area contributed by atoms with E-state index in [4.69, 9.17) is 0 Å². The second-order valence-corrected chi connectivity index (χ2v) is 3.74. The van der Waals surface area contributed by atoms with Gasteiger partial charge in [0.05, 0.1) is 19.7 Å². The Balaban J connectivity index is 3.66. The molecule has 108 valence electrons. The van der Waals surface area contributed by atoms with Gasteiger partial charge in [0.2, 0.25) is 11.8 Å². The maximum atomic E-state index is 11.2. The summed E-state index contributed by atoms with van der Waals surface area (Å²) in [6.07, 6.45) is 0.00803. The summed E-state index contributed by atoms with van der Waals surface area (Å²) in [6.45, 7) is 2.86. The Hall–Kier alpha value is -2.12. The first-order valence-corrected chi connectivity index (χ1v) is 5.89. The van der Waals surface area contributed by atoms with Gasteiger partial charge in [-0.05, 0) is 13.3 Å². The van der Waals surface area contributed by atoms with Crippen LogP contribution in [-0.4, -0.2) is 49.9 Å². The zero-order valence-corrected chi connectivity index (χ0v) is 11.1. The number of Topliss-reactive ketones (excluding diaryl/α,β-unsaturated/α-hetero) is 1. The van der Waals surface area contributed by atoms with Gasteiger partial charge >= 0.3 is 6.09 Å². The van der Waals surface area contributed by atoms with Crippen molar-refractivity contribution in [1.82, 2.24) is 16.0 Å². The Morgan fingerprint density at radius 1 is 0.895 bits per heavy atom. The van der Waals surface area contributed by atoms with Gasteiger partial charge < -0.3 is 20.7 Å². The van der Waals surface area contributed by atoms with Crippen molar-refractivity contribution in [3.63, 3.8) is 0 Å². The maximum Gasteiger partial charge on any atom is 0.407 e. The molecule has 0 aromatic rings. The van der Waals surface area contributed by atoms with Gasteiger partial charge in [-0.15, -0.1) is 0 Å². The molecule has 0 unspecified atom stereocenters. The predicted octanol–water partition coefficient (Wildman–Crippen LogP) is -1.06. The molecule has 3 amide bonds. The Kier molecular flexibility index (Phi) is 8.76. The summed E-state index contributed by atoms with van der Waals surface area (Å²) in [4.78, 5) is 44.0. The number of alkyl carbamates (subject to hydrolysis) is 1. The molecule has 0 rings (SSSR count). The summed E-state index contributed by atoms with van der Waals surface area (Å²) in [5.74, 6) is -1.18. The van der Waals surface area contributed by atoms with E-state index < -0.39 is 17.9 Å². The number of amides is 3. The van der Waals surface area contributed by atoms with Gasteiger partial charge in [-0.2, -0.15) is 0 Å². The molecule has 0 saturated heterocycles. The summed E-state index contributed by atoms with van der Waals surface area (Å²) in [7, 11) is 0. The maximum absolute atomic E-state index is 11.2. The van der Waals surface area contributed by atoms with Crippen molar-refractivity contribution in [2.75, 3.05) is 26.2 Å². The molecule has 0 aromatic carbocycles. The second-order valence-electron chi connectivity index (χ2n) is 3.74. The van der Waals surface area contributed by atoms with E-state index in [1.54, 1.807) is 0 Å². The largest absolute Gasteiger partial charge is 0.450 e. The molecule has 3 N–H and O–H groups in total. The van der Waals surface area contributed by atoms with Crippen LogP contribution in [0.2, 0.25) is 0 Å². The number of ketones is 1. The molecule has 0 aromatic heterocycles. The number of rotatable bonds is 8. The van der Waals surface area contributed by atoms with Crippen LogP contribution in [0.5, 0.6) is 0 Å². The predicted molar refractivity (Wildman–Crippen MR) is 66.3 cm³/mol. The number of ether oxygens (including phenoxy) is 1. The van der Waals surface area contributed by atoms with Gasteiger partial charge in [0.1, 0.15) is 12.3 Å². The molecule has 0 aliphatic rings. The molecular formula is C11H19N3O5. The zero-order chi connectivity index (χ0) is 14.7. The normalized spacial score (nSPS) is 9.37. The van der Waals surface area contributed by atoms with Gasteiger partial charge in [-0.3, -0.25) is 14.4 Å². The van der Waals surface area contributed by atoms with E-state index in [0.29, 0.717) is 6.42 Å². The van der Waals surface area contributed by atoms with Crippen LogP contribution < -0.4 is 16.0 Å². The van der Waals surface area contributed by atoms with Crippen LogP contribution in [0.1, 0.15) is 20.3 Å². The van der Waals surface area contributed by atoms with E-state index in [9.17, 15) is 19.2 Å². The average Bonchev–Trinajstić information content (AvgIpc) is 2.37. The fourth-order valence-corrected chi connectivity index (χ4v) is 0.925. The van der Waals surface area contributed by atoms with Crippen molar-refractivity contribution in [3.05, 3.63) is 0 Å². The number of carbonyl (C=O) groups excluding carboxylic acids is 4. The van der Waals surface area contributed by atoms with E-state index in [-0.39, 0.29) is 32.0 Å². The lowest BCUT2D eigenvalue weighted by Gasteiger charge is -2.07. The number of nitrogens with one attached hydrogen (secondary N) is 3. The van der Waals surface area contributed by atoms with E-state index in [0.717, 1.165) is 0 Å². The Morgan fingerprint density at radius 2 is 1.42 bits per heavy atom. The van der Waals surface area contributed by atoms with Gasteiger partial charge in [0.15, 0.2) is 0 Å². The topological polar surface area (TPSA) is 114 Å². The lowest BCUT2D eigenvalue weighted by Crippen LogP contribution is -2.42. The zero-order valence-electron chi connectivity index (χ0n) is 11.1. The minimum atomic E-state index is -0.682. The molecule has 8 nitrogen and oxygen atoms in total. The SMILES string of the molecule is CCCOC(=O)NCC(=O)NCC(=O)NCC(C)=O. The van der Waals surface area contributed by atoms with Crippen molar-refractivity contribution in [2.24, 2.45) is 0 Å². The summed E-state index contributed by atoms with van der Waals surface area (Å²) in [6, 6.07) is 0. The van der Waals surface area contributed by atoms with E-state index in [1.165, 1.54) is 6.92 Å². The lowest BCUT2D eigenvalue weighted by molar-refractivity contribution is -0.126. The van der Waals surface area contributed by atoms with Crippen LogP contribution in [0.4, 0.5) is 4.79 Å². The minimum absolute atomic E-state index is 0.0731. The Bertz CT molecular complexity index is 343.